The fourth-order valence-electron chi connectivity index (χ4n) is 3.02. The lowest BCUT2D eigenvalue weighted by Crippen LogP contribution is -2.64. The van der Waals surface area contributed by atoms with E-state index < -0.39 is 0 Å². The Bertz CT molecular complexity index is 800. The van der Waals surface area contributed by atoms with Crippen LogP contribution in [-0.2, 0) is 6.54 Å². The highest BCUT2D eigenvalue weighted by molar-refractivity contribution is 6.35. The maximum absolute atomic E-state index is 8.98. The van der Waals surface area contributed by atoms with Crippen molar-refractivity contribution in [3.05, 3.63) is 63.6 Å². The molecule has 2 aromatic rings. The number of benzene rings is 2. The molecule has 1 saturated heterocycles. The minimum absolute atomic E-state index is 0.111. The van der Waals surface area contributed by atoms with E-state index in [0.29, 0.717) is 35.5 Å². The van der Waals surface area contributed by atoms with Crippen molar-refractivity contribution in [2.24, 2.45) is 0 Å². The van der Waals surface area contributed by atoms with Crippen LogP contribution in [0.15, 0.2) is 42.5 Å². The van der Waals surface area contributed by atoms with Gasteiger partial charge in [-0.25, -0.2) is 5.01 Å². The second-order valence-corrected chi connectivity index (χ2v) is 7.45. The van der Waals surface area contributed by atoms with Crippen LogP contribution in [-0.4, -0.2) is 36.1 Å². The van der Waals surface area contributed by atoms with E-state index in [2.05, 4.69) is 39.0 Å². The van der Waals surface area contributed by atoms with E-state index in [-0.39, 0.29) is 6.29 Å². The van der Waals surface area contributed by atoms with Gasteiger partial charge in [0.1, 0.15) is 6.29 Å². The van der Waals surface area contributed by atoms with Gasteiger partial charge < -0.3 is 5.32 Å². The van der Waals surface area contributed by atoms with Crippen molar-refractivity contribution in [3.8, 4) is 6.07 Å². The second kappa shape index (κ2) is 10.1. The molecule has 1 fully saturated rings. The summed E-state index contributed by atoms with van der Waals surface area (Å²) in [6.45, 7) is 5.03. The molecule has 3 rings (SSSR count). The van der Waals surface area contributed by atoms with Crippen molar-refractivity contribution >= 4 is 28.9 Å². The Labute approximate surface area is 176 Å². The van der Waals surface area contributed by atoms with Gasteiger partial charge in [0.05, 0.1) is 25.0 Å². The predicted molar refractivity (Wildman–Crippen MR) is 114 cm³/mol. The molecule has 2 aromatic carbocycles. The second-order valence-electron chi connectivity index (χ2n) is 6.63. The summed E-state index contributed by atoms with van der Waals surface area (Å²) in [4.78, 5) is 2.22. The summed E-state index contributed by atoms with van der Waals surface area (Å²) >= 11 is 12.8. The summed E-state index contributed by atoms with van der Waals surface area (Å²) in [6, 6.07) is 15.1. The SMILES string of the molecule is CCCNN1CNC(Nc2ccc(C#N)cc2)N(Cc2c(Cl)cccc2Cl)C1. The number of hydrogen-bond acceptors (Lipinski definition) is 6. The van der Waals surface area contributed by atoms with Crippen molar-refractivity contribution < 1.29 is 0 Å². The topological polar surface area (TPSA) is 66.4 Å². The van der Waals surface area contributed by atoms with Gasteiger partial charge in [-0.05, 0) is 42.8 Å². The molecule has 8 heteroatoms. The standard InChI is InChI=1S/C20H24Cl2N6/c1-2-10-25-28-13-24-20(26-16-8-6-15(11-23)7-9-16)27(14-28)12-17-18(21)4-3-5-19(17)22/h3-9,20,24-26H,2,10,12-14H2,1H3. The van der Waals surface area contributed by atoms with Crippen LogP contribution >= 0.6 is 23.2 Å². The number of nitriles is 1. The quantitative estimate of drug-likeness (QED) is 0.635. The fourth-order valence-corrected chi connectivity index (χ4v) is 3.54. The molecule has 1 heterocycles. The number of anilines is 1. The molecule has 1 aliphatic rings. The highest BCUT2D eigenvalue weighted by atomic mass is 35.5. The molecule has 1 aliphatic heterocycles. The zero-order valence-electron chi connectivity index (χ0n) is 15.8. The van der Waals surface area contributed by atoms with Crippen molar-refractivity contribution in [2.75, 3.05) is 25.2 Å². The number of halogens is 2. The van der Waals surface area contributed by atoms with Crippen LogP contribution < -0.4 is 16.1 Å². The highest BCUT2D eigenvalue weighted by Gasteiger charge is 2.27. The molecular weight excluding hydrogens is 395 g/mol. The van der Waals surface area contributed by atoms with Crippen LogP contribution in [0.5, 0.6) is 0 Å². The van der Waals surface area contributed by atoms with E-state index in [9.17, 15) is 0 Å². The number of nitrogens with zero attached hydrogens (tertiary/aromatic N) is 3. The van der Waals surface area contributed by atoms with Gasteiger partial charge in [-0.2, -0.15) is 5.26 Å². The van der Waals surface area contributed by atoms with Crippen molar-refractivity contribution in [1.29, 1.82) is 5.26 Å². The molecule has 0 bridgehead atoms. The first kappa shape index (κ1) is 20.9. The Morgan fingerprint density at radius 2 is 1.89 bits per heavy atom. The first-order valence-electron chi connectivity index (χ1n) is 9.26. The van der Waals surface area contributed by atoms with Gasteiger partial charge in [0.25, 0.3) is 0 Å². The van der Waals surface area contributed by atoms with E-state index in [1.807, 2.05) is 30.3 Å². The molecule has 0 aliphatic carbocycles. The fraction of sp³-hybridized carbons (Fsp3) is 0.350. The summed E-state index contributed by atoms with van der Waals surface area (Å²) in [6.07, 6.45) is 0.944. The third-order valence-corrected chi connectivity index (χ3v) is 5.23. The minimum atomic E-state index is -0.111. The summed E-state index contributed by atoms with van der Waals surface area (Å²) in [5.74, 6) is 0. The smallest absolute Gasteiger partial charge is 0.137 e. The zero-order valence-corrected chi connectivity index (χ0v) is 17.3. The van der Waals surface area contributed by atoms with Gasteiger partial charge in [0.2, 0.25) is 0 Å². The Kier molecular flexibility index (Phi) is 7.51. The van der Waals surface area contributed by atoms with Crippen LogP contribution in [0.25, 0.3) is 0 Å². The largest absolute Gasteiger partial charge is 0.357 e. The van der Waals surface area contributed by atoms with Crippen LogP contribution in [0.2, 0.25) is 10.0 Å². The van der Waals surface area contributed by atoms with Crippen molar-refractivity contribution in [2.45, 2.75) is 26.2 Å². The van der Waals surface area contributed by atoms with E-state index in [1.165, 1.54) is 0 Å². The summed E-state index contributed by atoms with van der Waals surface area (Å²) in [5.41, 5.74) is 5.88. The molecule has 0 spiro atoms. The Hall–Kier alpha value is -1.85. The first-order valence-corrected chi connectivity index (χ1v) is 10.0. The third-order valence-electron chi connectivity index (χ3n) is 4.52. The predicted octanol–water partition coefficient (Wildman–Crippen LogP) is 3.80. The normalized spacial score (nSPS) is 18.0. The van der Waals surface area contributed by atoms with E-state index in [4.69, 9.17) is 28.5 Å². The Balaban J connectivity index is 1.77. The lowest BCUT2D eigenvalue weighted by Gasteiger charge is -2.43. The average molecular weight is 419 g/mol. The van der Waals surface area contributed by atoms with Gasteiger partial charge in [0, 0.05) is 34.4 Å². The van der Waals surface area contributed by atoms with Gasteiger partial charge >= 0.3 is 0 Å². The maximum Gasteiger partial charge on any atom is 0.137 e. The summed E-state index contributed by atoms with van der Waals surface area (Å²) in [7, 11) is 0. The van der Waals surface area contributed by atoms with Crippen LogP contribution in [0.4, 0.5) is 5.69 Å². The molecule has 1 atom stereocenters. The molecule has 0 saturated carbocycles. The van der Waals surface area contributed by atoms with Crippen LogP contribution in [0.3, 0.4) is 0 Å². The maximum atomic E-state index is 8.98. The molecule has 0 radical (unpaired) electrons. The van der Waals surface area contributed by atoms with E-state index in [0.717, 1.165) is 24.2 Å². The first-order chi connectivity index (χ1) is 13.6. The molecule has 148 valence electrons. The minimum Gasteiger partial charge on any atom is -0.357 e. The number of nitrogens with one attached hydrogen (secondary N) is 3. The van der Waals surface area contributed by atoms with E-state index in [1.54, 1.807) is 12.1 Å². The van der Waals surface area contributed by atoms with E-state index >= 15 is 0 Å². The molecule has 28 heavy (non-hydrogen) atoms. The monoisotopic (exact) mass is 418 g/mol. The molecule has 6 nitrogen and oxygen atoms in total. The average Bonchev–Trinajstić information content (AvgIpc) is 2.71. The lowest BCUT2D eigenvalue weighted by atomic mass is 10.2. The molecular formula is C20H24Cl2N6. The summed E-state index contributed by atoms with van der Waals surface area (Å²) < 4.78 is 0. The van der Waals surface area contributed by atoms with Crippen LogP contribution in [0, 0.1) is 11.3 Å². The number of hydrogen-bond donors (Lipinski definition) is 3. The molecule has 0 amide bonds. The van der Waals surface area contributed by atoms with Gasteiger partial charge in [0.15, 0.2) is 0 Å². The highest BCUT2D eigenvalue weighted by Crippen LogP contribution is 2.27. The van der Waals surface area contributed by atoms with Gasteiger partial charge in [-0.1, -0.05) is 36.2 Å². The Morgan fingerprint density at radius 3 is 2.54 bits per heavy atom. The van der Waals surface area contributed by atoms with Crippen molar-refractivity contribution in [3.63, 3.8) is 0 Å². The number of rotatable bonds is 7. The van der Waals surface area contributed by atoms with Crippen LogP contribution in [0.1, 0.15) is 24.5 Å². The molecule has 3 N–H and O–H groups in total. The van der Waals surface area contributed by atoms with Crippen molar-refractivity contribution in [1.82, 2.24) is 20.7 Å². The summed E-state index contributed by atoms with van der Waals surface area (Å²) in [5, 5.41) is 19.4. The van der Waals surface area contributed by atoms with Gasteiger partial charge in [-0.3, -0.25) is 15.6 Å². The third kappa shape index (κ3) is 5.36. The number of hydrazine groups is 1. The van der Waals surface area contributed by atoms with Gasteiger partial charge in [-0.15, -0.1) is 0 Å². The lowest BCUT2D eigenvalue weighted by molar-refractivity contribution is -0.00943. The zero-order chi connectivity index (χ0) is 19.9. The Morgan fingerprint density at radius 1 is 1.18 bits per heavy atom. The molecule has 1 unspecified atom stereocenters. The molecule has 0 aromatic heterocycles.